The van der Waals surface area contributed by atoms with Crippen LogP contribution in [0.15, 0.2) is 30.3 Å². The van der Waals surface area contributed by atoms with Gasteiger partial charge in [-0.2, -0.15) is 0 Å². The van der Waals surface area contributed by atoms with E-state index < -0.39 is 0 Å². The highest BCUT2D eigenvalue weighted by atomic mass is 15.2. The van der Waals surface area contributed by atoms with Crippen molar-refractivity contribution in [1.82, 2.24) is 4.90 Å². The molecule has 3 aliphatic heterocycles. The highest BCUT2D eigenvalue weighted by Crippen LogP contribution is 2.44. The van der Waals surface area contributed by atoms with Crippen molar-refractivity contribution in [3.63, 3.8) is 0 Å². The Morgan fingerprint density at radius 1 is 1.19 bits per heavy atom. The number of hydrogen-bond acceptors (Lipinski definition) is 2. The maximum atomic E-state index is 6.49. The van der Waals surface area contributed by atoms with E-state index in [1.807, 2.05) is 0 Å². The Hall–Kier alpha value is -0.860. The summed E-state index contributed by atoms with van der Waals surface area (Å²) in [6, 6.07) is 11.1. The summed E-state index contributed by atoms with van der Waals surface area (Å²) in [6.07, 6.45) is 2.56. The minimum atomic E-state index is 0.0580. The molecule has 0 radical (unpaired) electrons. The lowest BCUT2D eigenvalue weighted by Gasteiger charge is -2.57. The van der Waals surface area contributed by atoms with Gasteiger partial charge in [-0.15, -0.1) is 0 Å². The number of benzene rings is 1. The van der Waals surface area contributed by atoms with Gasteiger partial charge in [0.05, 0.1) is 5.54 Å². The monoisotopic (exact) mass is 216 g/mol. The van der Waals surface area contributed by atoms with Gasteiger partial charge in [-0.05, 0) is 44.3 Å². The molecule has 0 aliphatic carbocycles. The summed E-state index contributed by atoms with van der Waals surface area (Å²) in [5.41, 5.74) is 7.93. The fraction of sp³-hybridized carbons (Fsp3) is 0.571. The summed E-state index contributed by atoms with van der Waals surface area (Å²) in [4.78, 5) is 2.58. The Kier molecular flexibility index (Phi) is 2.30. The second-order valence-corrected chi connectivity index (χ2v) is 5.36. The summed E-state index contributed by atoms with van der Waals surface area (Å²) in [5.74, 6) is 0.718. The minimum Gasteiger partial charge on any atom is -0.326 e. The Morgan fingerprint density at radius 3 is 2.38 bits per heavy atom. The van der Waals surface area contributed by atoms with Crippen LogP contribution in [0.2, 0.25) is 0 Å². The van der Waals surface area contributed by atoms with Crippen molar-refractivity contribution >= 4 is 0 Å². The predicted octanol–water partition coefficient (Wildman–Crippen LogP) is 1.95. The smallest absolute Gasteiger partial charge is 0.0587 e. The van der Waals surface area contributed by atoms with Crippen LogP contribution in [0.4, 0.5) is 0 Å². The molecule has 4 rings (SSSR count). The fourth-order valence-corrected chi connectivity index (χ4v) is 3.54. The molecule has 86 valence electrons. The Labute approximate surface area is 97.4 Å². The van der Waals surface area contributed by atoms with E-state index in [0.717, 1.165) is 5.92 Å². The summed E-state index contributed by atoms with van der Waals surface area (Å²) >= 11 is 0. The van der Waals surface area contributed by atoms with Gasteiger partial charge >= 0.3 is 0 Å². The highest BCUT2D eigenvalue weighted by molar-refractivity contribution is 5.28. The van der Waals surface area contributed by atoms with Crippen molar-refractivity contribution in [2.24, 2.45) is 11.7 Å². The fourth-order valence-electron chi connectivity index (χ4n) is 3.54. The molecular weight excluding hydrogens is 196 g/mol. The Balaban J connectivity index is 2.03. The molecule has 1 aromatic carbocycles. The van der Waals surface area contributed by atoms with Crippen LogP contribution in [-0.4, -0.2) is 24.0 Å². The van der Waals surface area contributed by atoms with Crippen molar-refractivity contribution < 1.29 is 0 Å². The molecule has 2 nitrogen and oxygen atoms in total. The number of nitrogens with two attached hydrogens (primary N) is 1. The molecule has 0 amide bonds. The van der Waals surface area contributed by atoms with E-state index in [1.165, 1.54) is 31.5 Å². The average Bonchev–Trinajstić information content (AvgIpc) is 2.37. The standard InChI is InChI=1S/C14H20N2/c1-14(12-5-3-2-4-6-12)13(15)11-7-9-16(14)10-8-11/h2-6,11,13H,7-10,15H2,1H3. The topological polar surface area (TPSA) is 29.3 Å². The number of nitrogens with zero attached hydrogens (tertiary/aromatic N) is 1. The number of fused-ring (bicyclic) bond motifs is 3. The van der Waals surface area contributed by atoms with Gasteiger partial charge in [0.15, 0.2) is 0 Å². The second-order valence-electron chi connectivity index (χ2n) is 5.36. The molecule has 2 unspecified atom stereocenters. The van der Waals surface area contributed by atoms with Gasteiger partial charge in [0.2, 0.25) is 0 Å². The lowest BCUT2D eigenvalue weighted by atomic mass is 9.68. The Morgan fingerprint density at radius 2 is 1.81 bits per heavy atom. The zero-order chi connectivity index (χ0) is 11.2. The van der Waals surface area contributed by atoms with E-state index in [9.17, 15) is 0 Å². The van der Waals surface area contributed by atoms with Crippen LogP contribution < -0.4 is 5.73 Å². The minimum absolute atomic E-state index is 0.0580. The van der Waals surface area contributed by atoms with Gasteiger partial charge in [0.25, 0.3) is 0 Å². The van der Waals surface area contributed by atoms with E-state index in [0.29, 0.717) is 0 Å². The molecule has 3 saturated heterocycles. The summed E-state index contributed by atoms with van der Waals surface area (Å²) in [5, 5.41) is 0. The Bertz CT molecular complexity index is 364. The first-order valence-corrected chi connectivity index (χ1v) is 6.29. The molecule has 3 aliphatic rings. The number of rotatable bonds is 1. The van der Waals surface area contributed by atoms with Crippen molar-refractivity contribution in [3.8, 4) is 0 Å². The zero-order valence-corrected chi connectivity index (χ0v) is 9.89. The first kappa shape index (κ1) is 10.3. The van der Waals surface area contributed by atoms with Crippen LogP contribution in [0, 0.1) is 5.92 Å². The maximum absolute atomic E-state index is 6.49. The van der Waals surface area contributed by atoms with Crippen molar-refractivity contribution in [3.05, 3.63) is 35.9 Å². The summed E-state index contributed by atoms with van der Waals surface area (Å²) in [7, 11) is 0. The number of hydrogen-bond donors (Lipinski definition) is 1. The molecule has 2 bridgehead atoms. The van der Waals surface area contributed by atoms with E-state index in [1.54, 1.807) is 0 Å². The van der Waals surface area contributed by atoms with Gasteiger partial charge in [-0.1, -0.05) is 30.3 Å². The van der Waals surface area contributed by atoms with Gasteiger partial charge in [-0.25, -0.2) is 0 Å². The van der Waals surface area contributed by atoms with Crippen LogP contribution >= 0.6 is 0 Å². The van der Waals surface area contributed by atoms with E-state index in [-0.39, 0.29) is 11.6 Å². The molecule has 0 saturated carbocycles. The van der Waals surface area contributed by atoms with E-state index >= 15 is 0 Å². The normalized spacial score (nSPS) is 42.2. The molecule has 16 heavy (non-hydrogen) atoms. The van der Waals surface area contributed by atoms with E-state index in [2.05, 4.69) is 42.2 Å². The zero-order valence-electron chi connectivity index (χ0n) is 9.89. The lowest BCUT2D eigenvalue weighted by molar-refractivity contribution is -0.0418. The molecule has 0 spiro atoms. The van der Waals surface area contributed by atoms with Crippen LogP contribution in [0.25, 0.3) is 0 Å². The molecule has 2 N–H and O–H groups in total. The van der Waals surface area contributed by atoms with Crippen molar-refractivity contribution in [2.45, 2.75) is 31.3 Å². The van der Waals surface area contributed by atoms with Gasteiger partial charge in [0, 0.05) is 6.04 Å². The molecule has 2 heteroatoms. The third-order valence-electron chi connectivity index (χ3n) is 4.71. The van der Waals surface area contributed by atoms with Gasteiger partial charge in [0.1, 0.15) is 0 Å². The van der Waals surface area contributed by atoms with Gasteiger partial charge in [-0.3, -0.25) is 4.90 Å². The average molecular weight is 216 g/mol. The third-order valence-corrected chi connectivity index (χ3v) is 4.71. The molecular formula is C14H20N2. The van der Waals surface area contributed by atoms with Crippen LogP contribution in [-0.2, 0) is 5.54 Å². The maximum Gasteiger partial charge on any atom is 0.0587 e. The lowest BCUT2D eigenvalue weighted by Crippen LogP contribution is -2.66. The third kappa shape index (κ3) is 1.26. The van der Waals surface area contributed by atoms with Crippen LogP contribution in [0.5, 0.6) is 0 Å². The van der Waals surface area contributed by atoms with Crippen molar-refractivity contribution in [2.75, 3.05) is 13.1 Å². The largest absolute Gasteiger partial charge is 0.326 e. The van der Waals surface area contributed by atoms with Crippen LogP contribution in [0.1, 0.15) is 25.3 Å². The van der Waals surface area contributed by atoms with Crippen LogP contribution in [0.3, 0.4) is 0 Å². The molecule has 0 aromatic heterocycles. The molecule has 3 heterocycles. The molecule has 2 atom stereocenters. The predicted molar refractivity (Wildman–Crippen MR) is 66.1 cm³/mol. The quantitative estimate of drug-likeness (QED) is 0.777. The molecule has 3 fully saturated rings. The van der Waals surface area contributed by atoms with Crippen molar-refractivity contribution in [1.29, 1.82) is 0 Å². The number of piperidine rings is 3. The highest BCUT2D eigenvalue weighted by Gasteiger charge is 2.49. The summed E-state index contributed by atoms with van der Waals surface area (Å²) in [6.45, 7) is 4.74. The van der Waals surface area contributed by atoms with E-state index in [4.69, 9.17) is 5.73 Å². The first-order valence-electron chi connectivity index (χ1n) is 6.29. The first-order chi connectivity index (χ1) is 7.73. The SMILES string of the molecule is CC1(c2ccccc2)C(N)C2CCN1CC2. The summed E-state index contributed by atoms with van der Waals surface area (Å²) < 4.78 is 0. The van der Waals surface area contributed by atoms with Gasteiger partial charge < -0.3 is 5.73 Å². The second kappa shape index (κ2) is 3.57. The molecule has 1 aromatic rings.